The second-order valence-electron chi connectivity index (χ2n) is 9.08. The lowest BCUT2D eigenvalue weighted by atomic mass is 9.94. The van der Waals surface area contributed by atoms with Crippen molar-refractivity contribution >= 4 is 15.9 Å². The molecule has 1 amide bonds. The molecule has 0 saturated carbocycles. The van der Waals surface area contributed by atoms with E-state index in [1.165, 1.54) is 0 Å². The monoisotopic (exact) mass is 494 g/mol. The predicted molar refractivity (Wildman–Crippen MR) is 138 cm³/mol. The Morgan fingerprint density at radius 1 is 0.886 bits per heavy atom. The predicted octanol–water partition coefficient (Wildman–Crippen LogP) is 4.62. The molecule has 0 fully saturated rings. The van der Waals surface area contributed by atoms with Crippen LogP contribution in [-0.4, -0.2) is 37.4 Å². The number of sulfonamides is 1. The van der Waals surface area contributed by atoms with Crippen LogP contribution in [0.5, 0.6) is 0 Å². The van der Waals surface area contributed by atoms with E-state index in [0.29, 0.717) is 0 Å². The number of hydrogen-bond donors (Lipinski definition) is 2. The Hall–Kier alpha value is -3.00. The summed E-state index contributed by atoms with van der Waals surface area (Å²) in [5.41, 5.74) is 2.49. The van der Waals surface area contributed by atoms with Gasteiger partial charge in [-0.25, -0.2) is 13.1 Å². The lowest BCUT2D eigenvalue weighted by Gasteiger charge is -2.32. The minimum atomic E-state index is -3.80. The van der Waals surface area contributed by atoms with Crippen LogP contribution in [0.3, 0.4) is 0 Å². The van der Waals surface area contributed by atoms with Crippen molar-refractivity contribution < 1.29 is 18.3 Å². The highest BCUT2D eigenvalue weighted by Crippen LogP contribution is 2.27. The number of aliphatic hydroxyl groups excluding tert-OH is 1. The fourth-order valence-corrected chi connectivity index (χ4v) is 5.29. The zero-order valence-electron chi connectivity index (χ0n) is 20.6. The van der Waals surface area contributed by atoms with Crippen LogP contribution >= 0.6 is 0 Å². The summed E-state index contributed by atoms with van der Waals surface area (Å²) in [6.45, 7) is 5.49. The third kappa shape index (κ3) is 6.78. The topological polar surface area (TPSA) is 86.7 Å². The standard InChI is InChI=1S/C28H34N2O4S/c1-20-15-17-25(18-16-20)35(33,34)29-26(23-11-7-5-8-12-23)19-21(2)28(32)30(4)22(3)27(31)24-13-9-6-10-14-24/h5-18,21-22,26-27,29,31H,19H2,1-4H3/t21-,22+,26-,27-/m1/s1. The van der Waals surface area contributed by atoms with E-state index < -0.39 is 34.1 Å². The number of nitrogens with one attached hydrogen (secondary N) is 1. The smallest absolute Gasteiger partial charge is 0.241 e. The Balaban J connectivity index is 1.78. The summed E-state index contributed by atoms with van der Waals surface area (Å²) in [5, 5.41) is 10.8. The Morgan fingerprint density at radius 2 is 1.40 bits per heavy atom. The number of likely N-dealkylation sites (N-methyl/N-ethyl adjacent to an activating group) is 1. The number of amides is 1. The summed E-state index contributed by atoms with van der Waals surface area (Å²) >= 11 is 0. The highest BCUT2D eigenvalue weighted by atomic mass is 32.2. The minimum Gasteiger partial charge on any atom is -0.386 e. The molecule has 0 aromatic heterocycles. The van der Waals surface area contributed by atoms with Crippen molar-refractivity contribution in [2.75, 3.05) is 7.05 Å². The molecule has 0 unspecified atom stereocenters. The van der Waals surface area contributed by atoms with Crippen molar-refractivity contribution in [1.82, 2.24) is 9.62 Å². The average Bonchev–Trinajstić information content (AvgIpc) is 2.87. The average molecular weight is 495 g/mol. The Bertz CT molecular complexity index is 1200. The zero-order chi connectivity index (χ0) is 25.6. The molecule has 3 aromatic rings. The molecule has 0 aliphatic carbocycles. The summed E-state index contributed by atoms with van der Waals surface area (Å²) < 4.78 is 29.1. The summed E-state index contributed by atoms with van der Waals surface area (Å²) in [6.07, 6.45) is -0.561. The molecule has 3 aromatic carbocycles. The van der Waals surface area contributed by atoms with Crippen molar-refractivity contribution in [3.05, 3.63) is 102 Å². The van der Waals surface area contributed by atoms with Crippen molar-refractivity contribution in [2.24, 2.45) is 5.92 Å². The highest BCUT2D eigenvalue weighted by Gasteiger charge is 2.30. The second kappa shape index (κ2) is 11.6. The largest absolute Gasteiger partial charge is 0.386 e. The molecular weight excluding hydrogens is 460 g/mol. The van der Waals surface area contributed by atoms with Crippen LogP contribution in [-0.2, 0) is 14.8 Å². The van der Waals surface area contributed by atoms with E-state index in [4.69, 9.17) is 0 Å². The lowest BCUT2D eigenvalue weighted by Crippen LogP contribution is -2.42. The van der Waals surface area contributed by atoms with Gasteiger partial charge in [0, 0.05) is 19.0 Å². The molecule has 0 saturated heterocycles. The maximum atomic E-state index is 13.3. The third-order valence-corrected chi connectivity index (χ3v) is 7.89. The fourth-order valence-electron chi connectivity index (χ4n) is 4.05. The molecule has 6 nitrogen and oxygen atoms in total. The van der Waals surface area contributed by atoms with Gasteiger partial charge in [-0.05, 0) is 43.5 Å². The summed E-state index contributed by atoms with van der Waals surface area (Å²) in [4.78, 5) is 15.0. The molecule has 0 spiro atoms. The highest BCUT2D eigenvalue weighted by molar-refractivity contribution is 7.89. The molecule has 2 N–H and O–H groups in total. The minimum absolute atomic E-state index is 0.164. The van der Waals surface area contributed by atoms with Gasteiger partial charge in [-0.3, -0.25) is 4.79 Å². The normalized spacial score (nSPS) is 15.1. The number of hydrogen-bond acceptors (Lipinski definition) is 4. The molecule has 0 radical (unpaired) electrons. The first-order valence-electron chi connectivity index (χ1n) is 11.7. The first kappa shape index (κ1) is 26.6. The maximum Gasteiger partial charge on any atom is 0.241 e. The van der Waals surface area contributed by atoms with Crippen LogP contribution in [0.2, 0.25) is 0 Å². The molecule has 0 aliphatic heterocycles. The molecule has 0 heterocycles. The number of aliphatic hydroxyl groups is 1. The number of nitrogens with zero attached hydrogens (tertiary/aromatic N) is 1. The molecule has 4 atom stereocenters. The second-order valence-corrected chi connectivity index (χ2v) is 10.8. The molecule has 7 heteroatoms. The Kier molecular flexibility index (Phi) is 8.83. The van der Waals surface area contributed by atoms with Gasteiger partial charge >= 0.3 is 0 Å². The first-order chi connectivity index (χ1) is 16.6. The van der Waals surface area contributed by atoms with Gasteiger partial charge < -0.3 is 10.0 Å². The van der Waals surface area contributed by atoms with Gasteiger partial charge in [-0.1, -0.05) is 85.3 Å². The fraction of sp³-hybridized carbons (Fsp3) is 0.321. The molecule has 0 aliphatic rings. The van der Waals surface area contributed by atoms with E-state index in [0.717, 1.165) is 16.7 Å². The van der Waals surface area contributed by atoms with Crippen molar-refractivity contribution in [1.29, 1.82) is 0 Å². The molecule has 3 rings (SSSR count). The van der Waals surface area contributed by atoms with Gasteiger partial charge in [0.1, 0.15) is 0 Å². The van der Waals surface area contributed by atoms with Crippen LogP contribution in [0.4, 0.5) is 0 Å². The first-order valence-corrected chi connectivity index (χ1v) is 13.2. The molecular formula is C28H34N2O4S. The van der Waals surface area contributed by atoms with E-state index in [-0.39, 0.29) is 17.2 Å². The van der Waals surface area contributed by atoms with Gasteiger partial charge in [-0.2, -0.15) is 0 Å². The Labute approximate surface area is 208 Å². The SMILES string of the molecule is Cc1ccc(S(=O)(=O)N[C@H](C[C@@H](C)C(=O)N(C)[C@@H](C)[C@@H](O)c2ccccc2)c2ccccc2)cc1. The van der Waals surface area contributed by atoms with Gasteiger partial charge in [0.2, 0.25) is 15.9 Å². The Morgan fingerprint density at radius 3 is 1.94 bits per heavy atom. The number of carbonyl (C=O) groups excluding carboxylic acids is 1. The van der Waals surface area contributed by atoms with Crippen LogP contribution in [0.25, 0.3) is 0 Å². The number of rotatable bonds is 10. The third-order valence-electron chi connectivity index (χ3n) is 6.40. The van der Waals surface area contributed by atoms with E-state index in [2.05, 4.69) is 4.72 Å². The van der Waals surface area contributed by atoms with Gasteiger partial charge in [-0.15, -0.1) is 0 Å². The van der Waals surface area contributed by atoms with Crippen LogP contribution in [0.1, 0.15) is 49.1 Å². The van der Waals surface area contributed by atoms with E-state index in [1.807, 2.05) is 67.6 Å². The zero-order valence-corrected chi connectivity index (χ0v) is 21.4. The number of benzene rings is 3. The van der Waals surface area contributed by atoms with Crippen molar-refractivity contribution in [3.8, 4) is 0 Å². The van der Waals surface area contributed by atoms with Gasteiger partial charge in [0.25, 0.3) is 0 Å². The van der Waals surface area contributed by atoms with Crippen molar-refractivity contribution in [2.45, 2.75) is 50.3 Å². The summed E-state index contributed by atoms with van der Waals surface area (Å²) in [5.74, 6) is -0.653. The maximum absolute atomic E-state index is 13.3. The van der Waals surface area contributed by atoms with Crippen LogP contribution in [0, 0.1) is 12.8 Å². The van der Waals surface area contributed by atoms with Crippen LogP contribution in [0.15, 0.2) is 89.8 Å². The summed E-state index contributed by atoms with van der Waals surface area (Å²) in [7, 11) is -2.13. The number of aryl methyl sites for hydroxylation is 1. The van der Waals surface area contributed by atoms with E-state index in [9.17, 15) is 18.3 Å². The molecule has 0 bridgehead atoms. The molecule has 186 valence electrons. The lowest BCUT2D eigenvalue weighted by molar-refractivity contribution is -0.138. The van der Waals surface area contributed by atoms with E-state index >= 15 is 0 Å². The number of carbonyl (C=O) groups is 1. The van der Waals surface area contributed by atoms with Gasteiger partial charge in [0.05, 0.1) is 17.0 Å². The molecule has 35 heavy (non-hydrogen) atoms. The van der Waals surface area contributed by atoms with Gasteiger partial charge in [0.15, 0.2) is 0 Å². The van der Waals surface area contributed by atoms with Crippen molar-refractivity contribution in [3.63, 3.8) is 0 Å². The summed E-state index contributed by atoms with van der Waals surface area (Å²) in [6, 6.07) is 24.1. The van der Waals surface area contributed by atoms with Crippen LogP contribution < -0.4 is 4.72 Å². The quantitative estimate of drug-likeness (QED) is 0.431. The van der Waals surface area contributed by atoms with E-state index in [1.54, 1.807) is 50.1 Å².